The Balaban J connectivity index is 1.35. The first-order valence-corrected chi connectivity index (χ1v) is 12.7. The Hall–Kier alpha value is -3.07. The predicted molar refractivity (Wildman–Crippen MR) is 135 cm³/mol. The van der Waals surface area contributed by atoms with Crippen molar-refractivity contribution >= 4 is 38.9 Å². The third-order valence-electron chi connectivity index (χ3n) is 5.55. The van der Waals surface area contributed by atoms with E-state index in [1.165, 1.54) is 4.31 Å². The molecule has 0 saturated carbocycles. The first-order chi connectivity index (χ1) is 15.9. The fraction of sp³-hybridized carbons (Fsp3) is 0.200. The SMILES string of the molecule is O=C(NC(=S)Nc1ccc(S(=O)(=O)N2CCCCC2)cc1)c1ccc(-c2ccccc2)cc1. The molecule has 0 unspecified atom stereocenters. The normalized spacial score (nSPS) is 14.4. The van der Waals surface area contributed by atoms with Gasteiger partial charge in [0.15, 0.2) is 5.11 Å². The second kappa shape index (κ2) is 10.2. The molecular weight excluding hydrogens is 454 g/mol. The quantitative estimate of drug-likeness (QED) is 0.521. The molecule has 8 heteroatoms. The number of carbonyl (C=O) groups is 1. The minimum atomic E-state index is -3.48. The van der Waals surface area contributed by atoms with Crippen molar-refractivity contribution in [2.45, 2.75) is 24.2 Å². The van der Waals surface area contributed by atoms with Crippen LogP contribution in [0.25, 0.3) is 11.1 Å². The van der Waals surface area contributed by atoms with Crippen molar-refractivity contribution in [2.24, 2.45) is 0 Å². The highest BCUT2D eigenvalue weighted by molar-refractivity contribution is 7.89. The van der Waals surface area contributed by atoms with Crippen molar-refractivity contribution in [2.75, 3.05) is 18.4 Å². The Labute approximate surface area is 199 Å². The summed E-state index contributed by atoms with van der Waals surface area (Å²) in [6.07, 6.45) is 2.85. The fourth-order valence-electron chi connectivity index (χ4n) is 3.75. The second-order valence-electron chi connectivity index (χ2n) is 7.84. The maximum Gasteiger partial charge on any atom is 0.257 e. The lowest BCUT2D eigenvalue weighted by Gasteiger charge is -2.25. The second-order valence-corrected chi connectivity index (χ2v) is 10.2. The highest BCUT2D eigenvalue weighted by atomic mass is 32.2. The third kappa shape index (κ3) is 5.65. The van der Waals surface area contributed by atoms with E-state index >= 15 is 0 Å². The number of anilines is 1. The third-order valence-corrected chi connectivity index (χ3v) is 7.66. The van der Waals surface area contributed by atoms with E-state index in [0.29, 0.717) is 24.3 Å². The number of hydrogen-bond donors (Lipinski definition) is 2. The monoisotopic (exact) mass is 479 g/mol. The van der Waals surface area contributed by atoms with E-state index in [1.54, 1.807) is 36.4 Å². The number of piperidine rings is 1. The number of thiocarbonyl (C=S) groups is 1. The zero-order valence-electron chi connectivity index (χ0n) is 18.0. The Bertz CT molecular complexity index is 1220. The molecule has 3 aromatic carbocycles. The van der Waals surface area contributed by atoms with E-state index in [1.807, 2.05) is 42.5 Å². The van der Waals surface area contributed by atoms with Crippen LogP contribution in [0.4, 0.5) is 5.69 Å². The van der Waals surface area contributed by atoms with Crippen LogP contribution in [0.1, 0.15) is 29.6 Å². The lowest BCUT2D eigenvalue weighted by atomic mass is 10.0. The number of sulfonamides is 1. The summed E-state index contributed by atoms with van der Waals surface area (Å²) in [4.78, 5) is 12.8. The van der Waals surface area contributed by atoms with Crippen molar-refractivity contribution in [3.8, 4) is 11.1 Å². The van der Waals surface area contributed by atoms with E-state index in [2.05, 4.69) is 10.6 Å². The maximum absolute atomic E-state index is 12.8. The van der Waals surface area contributed by atoms with Gasteiger partial charge in [-0.2, -0.15) is 4.31 Å². The summed E-state index contributed by atoms with van der Waals surface area (Å²) in [6.45, 7) is 1.12. The molecule has 0 atom stereocenters. The van der Waals surface area contributed by atoms with Gasteiger partial charge in [-0.15, -0.1) is 0 Å². The van der Waals surface area contributed by atoms with Gasteiger partial charge in [-0.1, -0.05) is 48.9 Å². The largest absolute Gasteiger partial charge is 0.332 e. The Morgan fingerprint density at radius 2 is 1.39 bits per heavy atom. The first kappa shape index (κ1) is 23.1. The molecule has 1 aliphatic rings. The summed E-state index contributed by atoms with van der Waals surface area (Å²) in [5.41, 5.74) is 3.18. The highest BCUT2D eigenvalue weighted by Gasteiger charge is 2.25. The van der Waals surface area contributed by atoms with Gasteiger partial charge in [0.1, 0.15) is 0 Å². The van der Waals surface area contributed by atoms with Crippen LogP contribution in [0, 0.1) is 0 Å². The highest BCUT2D eigenvalue weighted by Crippen LogP contribution is 2.22. The summed E-state index contributed by atoms with van der Waals surface area (Å²) in [6, 6.07) is 23.6. The number of rotatable bonds is 5. The van der Waals surface area contributed by atoms with Crippen LogP contribution in [0.3, 0.4) is 0 Å². The number of amides is 1. The summed E-state index contributed by atoms with van der Waals surface area (Å²) in [5, 5.41) is 5.72. The smallest absolute Gasteiger partial charge is 0.257 e. The lowest BCUT2D eigenvalue weighted by Crippen LogP contribution is -2.35. The minimum Gasteiger partial charge on any atom is -0.332 e. The number of hydrogen-bond acceptors (Lipinski definition) is 4. The molecule has 2 N–H and O–H groups in total. The molecule has 1 fully saturated rings. The molecule has 0 radical (unpaired) electrons. The summed E-state index contributed by atoms with van der Waals surface area (Å²) >= 11 is 5.25. The molecule has 0 aliphatic carbocycles. The molecule has 0 aromatic heterocycles. The van der Waals surface area contributed by atoms with Crippen molar-refractivity contribution in [1.29, 1.82) is 0 Å². The molecule has 1 aliphatic heterocycles. The minimum absolute atomic E-state index is 0.138. The van der Waals surface area contributed by atoms with Crippen LogP contribution in [0.15, 0.2) is 83.8 Å². The van der Waals surface area contributed by atoms with Crippen LogP contribution < -0.4 is 10.6 Å². The molecule has 1 amide bonds. The van der Waals surface area contributed by atoms with Gasteiger partial charge in [0, 0.05) is 24.3 Å². The molecule has 33 heavy (non-hydrogen) atoms. The average molecular weight is 480 g/mol. The molecule has 0 bridgehead atoms. The average Bonchev–Trinajstić information content (AvgIpc) is 2.85. The molecule has 1 saturated heterocycles. The number of benzene rings is 3. The van der Waals surface area contributed by atoms with Gasteiger partial charge >= 0.3 is 0 Å². The van der Waals surface area contributed by atoms with Gasteiger partial charge < -0.3 is 5.32 Å². The fourth-order valence-corrected chi connectivity index (χ4v) is 5.47. The summed E-state index contributed by atoms with van der Waals surface area (Å²) in [7, 11) is -3.48. The predicted octanol–water partition coefficient (Wildman–Crippen LogP) is 4.66. The van der Waals surface area contributed by atoms with Crippen molar-refractivity contribution in [3.05, 3.63) is 84.4 Å². The Morgan fingerprint density at radius 1 is 0.788 bits per heavy atom. The van der Waals surface area contributed by atoms with Crippen LogP contribution in [-0.4, -0.2) is 36.8 Å². The molecule has 3 aromatic rings. The zero-order chi connectivity index (χ0) is 23.3. The van der Waals surface area contributed by atoms with Gasteiger partial charge in [-0.25, -0.2) is 8.42 Å². The zero-order valence-corrected chi connectivity index (χ0v) is 19.7. The topological polar surface area (TPSA) is 78.5 Å². The van der Waals surface area contributed by atoms with Crippen molar-refractivity contribution < 1.29 is 13.2 Å². The molecule has 6 nitrogen and oxygen atoms in total. The number of nitrogens with one attached hydrogen (secondary N) is 2. The van der Waals surface area contributed by atoms with Gasteiger partial charge in [-0.3, -0.25) is 10.1 Å². The van der Waals surface area contributed by atoms with Crippen molar-refractivity contribution in [1.82, 2.24) is 9.62 Å². The van der Waals surface area contributed by atoms with E-state index in [0.717, 1.165) is 30.4 Å². The van der Waals surface area contributed by atoms with Gasteiger partial charge in [0.25, 0.3) is 5.91 Å². The van der Waals surface area contributed by atoms with Gasteiger partial charge in [0.2, 0.25) is 10.0 Å². The molecule has 0 spiro atoms. The standard InChI is InChI=1S/C25H25N3O3S2/c29-24(21-11-9-20(10-12-21)19-7-3-1-4-8-19)27-25(32)26-22-13-15-23(16-14-22)33(30,31)28-17-5-2-6-18-28/h1,3-4,7-16H,2,5-6,17-18H2,(H2,26,27,29,32). The van der Waals surface area contributed by atoms with E-state index in [4.69, 9.17) is 12.2 Å². The number of nitrogens with zero attached hydrogens (tertiary/aromatic N) is 1. The molecule has 4 rings (SSSR count). The van der Waals surface area contributed by atoms with E-state index < -0.39 is 10.0 Å². The Kier molecular flexibility index (Phi) is 7.17. The summed E-state index contributed by atoms with van der Waals surface area (Å²) < 4.78 is 27.1. The van der Waals surface area contributed by atoms with Crippen LogP contribution in [-0.2, 0) is 10.0 Å². The van der Waals surface area contributed by atoms with Crippen LogP contribution in [0.5, 0.6) is 0 Å². The first-order valence-electron chi connectivity index (χ1n) is 10.8. The molecule has 1 heterocycles. The Morgan fingerprint density at radius 3 is 2.03 bits per heavy atom. The lowest BCUT2D eigenvalue weighted by molar-refractivity contribution is 0.0977. The van der Waals surface area contributed by atoms with Crippen LogP contribution >= 0.6 is 12.2 Å². The van der Waals surface area contributed by atoms with E-state index in [9.17, 15) is 13.2 Å². The van der Waals surface area contributed by atoms with Crippen molar-refractivity contribution in [3.63, 3.8) is 0 Å². The van der Waals surface area contributed by atoms with Gasteiger partial charge in [0.05, 0.1) is 4.90 Å². The maximum atomic E-state index is 12.8. The molecule has 170 valence electrons. The van der Waals surface area contributed by atoms with Crippen LogP contribution in [0.2, 0.25) is 0 Å². The number of carbonyl (C=O) groups excluding carboxylic acids is 1. The van der Waals surface area contributed by atoms with Gasteiger partial charge in [-0.05, 0) is 72.6 Å². The summed E-state index contributed by atoms with van der Waals surface area (Å²) in [5.74, 6) is -0.323. The molecular formula is C25H25N3O3S2. The van der Waals surface area contributed by atoms with E-state index in [-0.39, 0.29) is 15.9 Å².